The van der Waals surface area contributed by atoms with Gasteiger partial charge in [-0.1, -0.05) is 86.0 Å². The minimum atomic E-state index is 0.779. The van der Waals surface area contributed by atoms with Crippen molar-refractivity contribution in [3.05, 3.63) is 77.9 Å². The van der Waals surface area contributed by atoms with Crippen LogP contribution in [0.1, 0.15) is 44.1 Å². The summed E-state index contributed by atoms with van der Waals surface area (Å²) in [5.74, 6) is 0.779. The third kappa shape index (κ3) is 2.91. The molecule has 0 amide bonds. The van der Waals surface area contributed by atoms with Crippen molar-refractivity contribution >= 4 is 5.57 Å². The molecule has 1 fully saturated rings. The fourth-order valence-corrected chi connectivity index (χ4v) is 4.20. The Kier molecular flexibility index (Phi) is 4.15. The van der Waals surface area contributed by atoms with Crippen molar-refractivity contribution in [2.45, 2.75) is 38.5 Å². The van der Waals surface area contributed by atoms with Crippen LogP contribution in [0.3, 0.4) is 0 Å². The van der Waals surface area contributed by atoms with Crippen LogP contribution in [-0.4, -0.2) is 0 Å². The van der Waals surface area contributed by atoms with Crippen LogP contribution in [0.5, 0.6) is 0 Å². The van der Waals surface area contributed by atoms with E-state index in [4.69, 9.17) is 0 Å². The second-order valence-corrected chi connectivity index (χ2v) is 6.79. The molecule has 0 spiro atoms. The number of rotatable bonds is 3. The van der Waals surface area contributed by atoms with Crippen molar-refractivity contribution in [3.8, 4) is 11.1 Å². The average molecular weight is 300 g/mol. The maximum Gasteiger partial charge on any atom is -0.00852 e. The quantitative estimate of drug-likeness (QED) is 0.595. The van der Waals surface area contributed by atoms with Crippen LogP contribution < -0.4 is 0 Å². The molecule has 0 unspecified atom stereocenters. The SMILES string of the molecule is C1=CC(C2CCCCC2)=C(c2ccccc2-c2ccccc2)C1. The first-order chi connectivity index (χ1) is 11.4. The first kappa shape index (κ1) is 14.5. The van der Waals surface area contributed by atoms with Gasteiger partial charge in [-0.15, -0.1) is 0 Å². The van der Waals surface area contributed by atoms with Crippen LogP contribution in [0.2, 0.25) is 0 Å². The van der Waals surface area contributed by atoms with E-state index in [1.165, 1.54) is 48.8 Å². The normalized spacial score (nSPS) is 18.6. The molecule has 0 bridgehead atoms. The van der Waals surface area contributed by atoms with Crippen LogP contribution in [0.4, 0.5) is 0 Å². The second kappa shape index (κ2) is 6.58. The largest absolute Gasteiger partial charge is 0.0798 e. The molecule has 0 aliphatic heterocycles. The lowest BCUT2D eigenvalue weighted by Crippen LogP contribution is -2.08. The lowest BCUT2D eigenvalue weighted by Gasteiger charge is -2.24. The molecule has 4 rings (SSSR count). The van der Waals surface area contributed by atoms with Gasteiger partial charge in [-0.3, -0.25) is 0 Å². The van der Waals surface area contributed by atoms with E-state index >= 15 is 0 Å². The van der Waals surface area contributed by atoms with E-state index in [1.54, 1.807) is 11.1 Å². The fraction of sp³-hybridized carbons (Fsp3) is 0.304. The summed E-state index contributed by atoms with van der Waals surface area (Å²) in [5, 5.41) is 0. The summed E-state index contributed by atoms with van der Waals surface area (Å²) in [6.07, 6.45) is 12.8. The van der Waals surface area contributed by atoms with E-state index in [0.29, 0.717) is 0 Å². The van der Waals surface area contributed by atoms with E-state index in [0.717, 1.165) is 12.3 Å². The summed E-state index contributed by atoms with van der Waals surface area (Å²) in [5.41, 5.74) is 7.32. The first-order valence-corrected chi connectivity index (χ1v) is 8.98. The van der Waals surface area contributed by atoms with Gasteiger partial charge in [0.2, 0.25) is 0 Å². The topological polar surface area (TPSA) is 0 Å². The highest BCUT2D eigenvalue weighted by Gasteiger charge is 2.23. The molecule has 0 atom stereocenters. The summed E-state index contributed by atoms with van der Waals surface area (Å²) in [6.45, 7) is 0. The van der Waals surface area contributed by atoms with Gasteiger partial charge >= 0.3 is 0 Å². The van der Waals surface area contributed by atoms with Crippen molar-refractivity contribution in [2.24, 2.45) is 5.92 Å². The third-order valence-electron chi connectivity index (χ3n) is 5.35. The molecule has 0 aromatic heterocycles. The number of hydrogen-bond donors (Lipinski definition) is 0. The predicted octanol–water partition coefficient (Wildman–Crippen LogP) is 6.65. The highest BCUT2D eigenvalue weighted by atomic mass is 14.3. The van der Waals surface area contributed by atoms with Crippen LogP contribution in [0.15, 0.2) is 72.3 Å². The van der Waals surface area contributed by atoms with Gasteiger partial charge in [0.05, 0.1) is 0 Å². The molecular weight excluding hydrogens is 276 g/mol. The number of benzene rings is 2. The van der Waals surface area contributed by atoms with Gasteiger partial charge in [0, 0.05) is 0 Å². The Hall–Kier alpha value is -2.08. The van der Waals surface area contributed by atoms with Crippen molar-refractivity contribution < 1.29 is 0 Å². The molecule has 0 nitrogen and oxygen atoms in total. The lowest BCUT2D eigenvalue weighted by molar-refractivity contribution is 0.409. The minimum Gasteiger partial charge on any atom is -0.0798 e. The Morgan fingerprint density at radius 1 is 0.696 bits per heavy atom. The van der Waals surface area contributed by atoms with E-state index in [1.807, 2.05) is 0 Å². The monoisotopic (exact) mass is 300 g/mol. The maximum absolute atomic E-state index is 2.41. The van der Waals surface area contributed by atoms with E-state index < -0.39 is 0 Å². The molecule has 0 heteroatoms. The van der Waals surface area contributed by atoms with Crippen molar-refractivity contribution in [3.63, 3.8) is 0 Å². The first-order valence-electron chi connectivity index (χ1n) is 8.98. The summed E-state index contributed by atoms with van der Waals surface area (Å²) < 4.78 is 0. The van der Waals surface area contributed by atoms with E-state index in [2.05, 4.69) is 66.7 Å². The van der Waals surface area contributed by atoms with E-state index in [9.17, 15) is 0 Å². The zero-order valence-electron chi connectivity index (χ0n) is 13.7. The lowest BCUT2D eigenvalue weighted by atomic mass is 9.81. The number of allylic oxidation sites excluding steroid dienone is 4. The summed E-state index contributed by atoms with van der Waals surface area (Å²) >= 11 is 0. The molecule has 2 aromatic carbocycles. The van der Waals surface area contributed by atoms with Gasteiger partial charge < -0.3 is 0 Å². The molecule has 2 aliphatic rings. The standard InChI is InChI=1S/C23H24/c1-3-10-18(11-4-1)20-14-7-8-15-22(20)23-17-9-16-21(23)19-12-5-2-6-13-19/h1,3-4,7-11,14-16,19H,2,5-6,12-13,17H2. The third-order valence-corrected chi connectivity index (χ3v) is 5.35. The summed E-state index contributed by atoms with van der Waals surface area (Å²) in [6, 6.07) is 19.7. The van der Waals surface area contributed by atoms with Crippen LogP contribution in [-0.2, 0) is 0 Å². The molecule has 0 heterocycles. The summed E-state index contributed by atoms with van der Waals surface area (Å²) in [4.78, 5) is 0. The fourth-order valence-electron chi connectivity index (χ4n) is 4.20. The zero-order valence-corrected chi connectivity index (χ0v) is 13.7. The molecule has 23 heavy (non-hydrogen) atoms. The van der Waals surface area contributed by atoms with Gasteiger partial charge in [-0.2, -0.15) is 0 Å². The Bertz CT molecular complexity index is 728. The van der Waals surface area contributed by atoms with Crippen molar-refractivity contribution in [1.82, 2.24) is 0 Å². The number of hydrogen-bond acceptors (Lipinski definition) is 0. The summed E-state index contributed by atoms with van der Waals surface area (Å²) in [7, 11) is 0. The average Bonchev–Trinajstić information content (AvgIpc) is 3.13. The van der Waals surface area contributed by atoms with Crippen molar-refractivity contribution in [2.75, 3.05) is 0 Å². The molecule has 0 saturated heterocycles. The highest BCUT2D eigenvalue weighted by Crippen LogP contribution is 2.41. The molecule has 0 radical (unpaired) electrons. The maximum atomic E-state index is 2.41. The Morgan fingerprint density at radius 3 is 2.17 bits per heavy atom. The van der Waals surface area contributed by atoms with Crippen LogP contribution >= 0.6 is 0 Å². The molecule has 116 valence electrons. The highest BCUT2D eigenvalue weighted by molar-refractivity contribution is 5.85. The minimum absolute atomic E-state index is 0.779. The van der Waals surface area contributed by atoms with E-state index in [-0.39, 0.29) is 0 Å². The van der Waals surface area contributed by atoms with Gasteiger partial charge in [0.15, 0.2) is 0 Å². The van der Waals surface area contributed by atoms with Crippen molar-refractivity contribution in [1.29, 1.82) is 0 Å². The van der Waals surface area contributed by atoms with Gasteiger partial charge in [0.25, 0.3) is 0 Å². The molecule has 2 aromatic rings. The predicted molar refractivity (Wildman–Crippen MR) is 99.1 cm³/mol. The van der Waals surface area contributed by atoms with Gasteiger partial charge in [0.1, 0.15) is 0 Å². The molecule has 1 saturated carbocycles. The molecule has 0 N–H and O–H groups in total. The molecule has 2 aliphatic carbocycles. The zero-order chi connectivity index (χ0) is 15.5. The smallest absolute Gasteiger partial charge is 0.00852 e. The Labute approximate surface area is 139 Å². The second-order valence-electron chi connectivity index (χ2n) is 6.79. The van der Waals surface area contributed by atoms with Gasteiger partial charge in [-0.25, -0.2) is 0 Å². The molecular formula is C23H24. The Balaban J connectivity index is 1.78. The van der Waals surface area contributed by atoms with Gasteiger partial charge in [-0.05, 0) is 53.0 Å². The van der Waals surface area contributed by atoms with Crippen LogP contribution in [0, 0.1) is 5.92 Å². The van der Waals surface area contributed by atoms with Crippen LogP contribution in [0.25, 0.3) is 16.7 Å². The Morgan fingerprint density at radius 2 is 1.39 bits per heavy atom.